The van der Waals surface area contributed by atoms with E-state index in [1.807, 2.05) is 18.2 Å². The lowest BCUT2D eigenvalue weighted by molar-refractivity contribution is 0.140. The van der Waals surface area contributed by atoms with Crippen LogP contribution >= 0.6 is 0 Å². The van der Waals surface area contributed by atoms with Crippen LogP contribution in [-0.2, 0) is 0 Å². The number of allylic oxidation sites excluding steroid dienone is 4. The Morgan fingerprint density at radius 2 is 1.40 bits per heavy atom. The molecule has 2 rings (SSSR count). The van der Waals surface area contributed by atoms with E-state index in [-0.39, 0.29) is 0 Å². The summed E-state index contributed by atoms with van der Waals surface area (Å²) >= 11 is 0. The maximum atomic E-state index is 8.45. The highest BCUT2D eigenvalue weighted by atomic mass is 14.4. The first-order valence-electron chi connectivity index (χ1n) is 11.0. The summed E-state index contributed by atoms with van der Waals surface area (Å²) in [5.74, 6) is 4.11. The molecular formula is C24H39N. The molecule has 0 amide bonds. The van der Waals surface area contributed by atoms with Gasteiger partial charge in [0.25, 0.3) is 0 Å². The number of nitrogens with zero attached hydrogens (tertiary/aromatic N) is 1. The molecule has 0 saturated heterocycles. The molecule has 0 aromatic heterocycles. The van der Waals surface area contributed by atoms with Gasteiger partial charge in [0, 0.05) is 6.08 Å². The van der Waals surface area contributed by atoms with Gasteiger partial charge in [0.1, 0.15) is 0 Å². The van der Waals surface area contributed by atoms with Crippen LogP contribution in [0.15, 0.2) is 24.3 Å². The molecule has 2 saturated carbocycles. The molecule has 1 nitrogen and oxygen atoms in total. The van der Waals surface area contributed by atoms with Crippen molar-refractivity contribution in [2.75, 3.05) is 0 Å². The molecule has 2 aliphatic carbocycles. The first-order chi connectivity index (χ1) is 12.3. The van der Waals surface area contributed by atoms with E-state index < -0.39 is 0 Å². The monoisotopic (exact) mass is 341 g/mol. The molecule has 2 fully saturated rings. The summed E-state index contributed by atoms with van der Waals surface area (Å²) in [7, 11) is 0. The Bertz CT molecular complexity index is 426. The van der Waals surface area contributed by atoms with E-state index >= 15 is 0 Å². The van der Waals surface area contributed by atoms with E-state index in [2.05, 4.69) is 13.0 Å². The topological polar surface area (TPSA) is 23.8 Å². The van der Waals surface area contributed by atoms with Crippen molar-refractivity contribution in [1.29, 1.82) is 5.26 Å². The fraction of sp³-hybridized carbons (Fsp3) is 0.792. The smallest absolute Gasteiger partial charge is 0.0912 e. The second-order valence-electron chi connectivity index (χ2n) is 8.55. The highest BCUT2D eigenvalue weighted by Gasteiger charge is 2.30. The Morgan fingerprint density at radius 3 is 1.96 bits per heavy atom. The summed E-state index contributed by atoms with van der Waals surface area (Å²) in [6.45, 7) is 2.31. The van der Waals surface area contributed by atoms with E-state index in [1.54, 1.807) is 6.08 Å². The molecule has 25 heavy (non-hydrogen) atoms. The quantitative estimate of drug-likeness (QED) is 0.241. The van der Waals surface area contributed by atoms with Gasteiger partial charge in [-0.25, -0.2) is 0 Å². The SMILES string of the molecule is CCCCC[C@H]1CC[C@H](C2CCC(CC/C=C/C=C/C#N)CC2)CC1. The predicted octanol–water partition coefficient (Wildman–Crippen LogP) is 7.60. The van der Waals surface area contributed by atoms with Gasteiger partial charge in [-0.2, -0.15) is 5.26 Å². The third kappa shape index (κ3) is 7.81. The van der Waals surface area contributed by atoms with Crippen LogP contribution in [0.5, 0.6) is 0 Å². The number of hydrogen-bond donors (Lipinski definition) is 0. The minimum absolute atomic E-state index is 0.950. The number of rotatable bonds is 9. The van der Waals surface area contributed by atoms with Crippen molar-refractivity contribution in [3.8, 4) is 6.07 Å². The van der Waals surface area contributed by atoms with E-state index in [1.165, 1.54) is 89.9 Å². The largest absolute Gasteiger partial charge is 0.193 e. The van der Waals surface area contributed by atoms with Crippen LogP contribution in [0.3, 0.4) is 0 Å². The highest BCUT2D eigenvalue weighted by Crippen LogP contribution is 2.43. The van der Waals surface area contributed by atoms with Crippen LogP contribution in [0.4, 0.5) is 0 Å². The molecule has 0 atom stereocenters. The summed E-state index contributed by atoms with van der Waals surface area (Å²) in [4.78, 5) is 0. The van der Waals surface area contributed by atoms with E-state index in [0.29, 0.717) is 0 Å². The number of hydrogen-bond acceptors (Lipinski definition) is 1. The predicted molar refractivity (Wildman–Crippen MR) is 108 cm³/mol. The van der Waals surface area contributed by atoms with Gasteiger partial charge in [-0.15, -0.1) is 0 Å². The van der Waals surface area contributed by atoms with Crippen LogP contribution in [0, 0.1) is 35.0 Å². The summed E-state index contributed by atoms with van der Waals surface area (Å²) in [6.07, 6.45) is 27.9. The fourth-order valence-corrected chi connectivity index (χ4v) is 5.18. The molecule has 0 aromatic carbocycles. The average molecular weight is 342 g/mol. The minimum Gasteiger partial charge on any atom is -0.193 e. The van der Waals surface area contributed by atoms with Gasteiger partial charge in [-0.3, -0.25) is 0 Å². The van der Waals surface area contributed by atoms with Crippen LogP contribution in [0.25, 0.3) is 0 Å². The number of unbranched alkanes of at least 4 members (excludes halogenated alkanes) is 2. The molecule has 0 bridgehead atoms. The van der Waals surface area contributed by atoms with Crippen molar-refractivity contribution < 1.29 is 0 Å². The second-order valence-corrected chi connectivity index (χ2v) is 8.55. The Balaban J connectivity index is 1.57. The zero-order valence-corrected chi connectivity index (χ0v) is 16.5. The molecule has 0 aromatic rings. The van der Waals surface area contributed by atoms with Crippen LogP contribution in [-0.4, -0.2) is 0 Å². The third-order valence-corrected chi connectivity index (χ3v) is 6.82. The molecule has 0 aliphatic heterocycles. The zero-order valence-electron chi connectivity index (χ0n) is 16.5. The van der Waals surface area contributed by atoms with Gasteiger partial charge in [-0.05, 0) is 62.2 Å². The molecule has 0 radical (unpaired) electrons. The van der Waals surface area contributed by atoms with Crippen molar-refractivity contribution in [1.82, 2.24) is 0 Å². The summed E-state index contributed by atoms with van der Waals surface area (Å²) in [5.41, 5.74) is 0. The van der Waals surface area contributed by atoms with Gasteiger partial charge >= 0.3 is 0 Å². The molecule has 0 spiro atoms. The van der Waals surface area contributed by atoms with Crippen molar-refractivity contribution in [2.45, 2.75) is 96.8 Å². The first-order valence-corrected chi connectivity index (χ1v) is 11.0. The van der Waals surface area contributed by atoms with Crippen LogP contribution in [0.2, 0.25) is 0 Å². The zero-order chi connectivity index (χ0) is 17.7. The van der Waals surface area contributed by atoms with Crippen molar-refractivity contribution in [3.05, 3.63) is 24.3 Å². The molecule has 0 N–H and O–H groups in total. The minimum atomic E-state index is 0.950. The third-order valence-electron chi connectivity index (χ3n) is 6.82. The highest BCUT2D eigenvalue weighted by molar-refractivity contribution is 5.11. The lowest BCUT2D eigenvalue weighted by Gasteiger charge is -2.38. The Kier molecular flexibility index (Phi) is 10.0. The maximum absolute atomic E-state index is 8.45. The molecule has 0 heterocycles. The van der Waals surface area contributed by atoms with Gasteiger partial charge in [0.2, 0.25) is 0 Å². The second kappa shape index (κ2) is 12.3. The molecule has 0 unspecified atom stereocenters. The van der Waals surface area contributed by atoms with E-state index in [9.17, 15) is 0 Å². The molecular weight excluding hydrogens is 302 g/mol. The van der Waals surface area contributed by atoms with Gasteiger partial charge in [0.15, 0.2) is 0 Å². The van der Waals surface area contributed by atoms with Crippen molar-refractivity contribution >= 4 is 0 Å². The lowest BCUT2D eigenvalue weighted by Crippen LogP contribution is -2.25. The van der Waals surface area contributed by atoms with Gasteiger partial charge in [-0.1, -0.05) is 76.5 Å². The summed E-state index contributed by atoms with van der Waals surface area (Å²) < 4.78 is 0. The first kappa shape index (κ1) is 20.3. The average Bonchev–Trinajstić information content (AvgIpc) is 2.66. The Morgan fingerprint density at radius 1 is 0.800 bits per heavy atom. The number of nitriles is 1. The summed E-state index contributed by atoms with van der Waals surface area (Å²) in [5, 5.41) is 8.45. The van der Waals surface area contributed by atoms with Crippen molar-refractivity contribution in [3.63, 3.8) is 0 Å². The van der Waals surface area contributed by atoms with E-state index in [0.717, 1.165) is 23.7 Å². The van der Waals surface area contributed by atoms with Crippen molar-refractivity contribution in [2.24, 2.45) is 23.7 Å². The maximum Gasteiger partial charge on any atom is 0.0912 e. The molecule has 2 aliphatic rings. The summed E-state index contributed by atoms with van der Waals surface area (Å²) in [6, 6.07) is 2.03. The van der Waals surface area contributed by atoms with E-state index in [4.69, 9.17) is 5.26 Å². The Labute approximate surface area is 156 Å². The lowest BCUT2D eigenvalue weighted by atomic mass is 9.68. The standard InChI is InChI=1S/C24H39N/c1-2-3-7-10-21-12-16-23(17-13-21)24-18-14-22(15-19-24)11-8-5-4-6-9-20-25/h4-6,9,21-24H,2-3,7-8,10-19H2,1H3/b5-4+,9-6+/t21-,22?,23-,24?. The van der Waals surface area contributed by atoms with Gasteiger partial charge < -0.3 is 0 Å². The van der Waals surface area contributed by atoms with Crippen LogP contribution in [0.1, 0.15) is 96.8 Å². The van der Waals surface area contributed by atoms with Gasteiger partial charge in [0.05, 0.1) is 6.07 Å². The van der Waals surface area contributed by atoms with Crippen LogP contribution < -0.4 is 0 Å². The fourth-order valence-electron chi connectivity index (χ4n) is 5.18. The normalized spacial score (nSPS) is 30.7. The molecule has 140 valence electrons. The Hall–Kier alpha value is -1.03. The molecule has 1 heteroatoms.